The maximum Gasteiger partial charge on any atom is 0.311 e. The summed E-state index contributed by atoms with van der Waals surface area (Å²) < 4.78 is 23.9. The molecule has 2 aromatic carbocycles. The topological polar surface area (TPSA) is 64.6 Å². The number of hydrogen-bond donors (Lipinski definition) is 1. The zero-order valence-electron chi connectivity index (χ0n) is 15.1. The maximum absolute atomic E-state index is 13.7. The number of benzene rings is 2. The van der Waals surface area contributed by atoms with Crippen LogP contribution in [0.5, 0.6) is 5.75 Å². The lowest BCUT2D eigenvalue weighted by atomic mass is 10.1. The van der Waals surface area contributed by atoms with Crippen LogP contribution in [0.25, 0.3) is 0 Å². The Kier molecular flexibility index (Phi) is 7.61. The van der Waals surface area contributed by atoms with Gasteiger partial charge < -0.3 is 14.8 Å². The zero-order chi connectivity index (χ0) is 19.8. The Bertz CT molecular complexity index is 775. The average molecular weight is 394 g/mol. The Labute approximate surface area is 162 Å². The fourth-order valence-corrected chi connectivity index (χ4v) is 2.63. The van der Waals surface area contributed by atoms with Crippen molar-refractivity contribution in [3.63, 3.8) is 0 Å². The van der Waals surface area contributed by atoms with Gasteiger partial charge >= 0.3 is 5.97 Å². The molecule has 0 fully saturated rings. The number of carbonyl (C=O) groups is 2. The summed E-state index contributed by atoms with van der Waals surface area (Å²) in [6.45, 7) is 1.86. The van der Waals surface area contributed by atoms with Gasteiger partial charge in [-0.3, -0.25) is 9.59 Å². The Balaban J connectivity index is 1.78. The summed E-state index contributed by atoms with van der Waals surface area (Å²) in [5.41, 5.74) is 1.09. The standard InChI is InChI=1S/C20H21ClFNO4/c1-13(27-19(24)12-16-17(21)4-3-5-18(16)22)20(25)23-11-10-14-6-8-15(26-2)9-7-14/h3-9,13H,10-12H2,1-2H3,(H,23,25). The predicted molar refractivity (Wildman–Crippen MR) is 100 cm³/mol. The minimum absolute atomic E-state index is 0.0521. The van der Waals surface area contributed by atoms with Crippen molar-refractivity contribution in [2.24, 2.45) is 0 Å². The van der Waals surface area contributed by atoms with Crippen LogP contribution >= 0.6 is 11.6 Å². The van der Waals surface area contributed by atoms with Crippen LogP contribution in [0.3, 0.4) is 0 Å². The van der Waals surface area contributed by atoms with Crippen molar-refractivity contribution < 1.29 is 23.5 Å². The number of amides is 1. The summed E-state index contributed by atoms with van der Waals surface area (Å²) in [7, 11) is 1.60. The molecule has 5 nitrogen and oxygen atoms in total. The first-order chi connectivity index (χ1) is 12.9. The van der Waals surface area contributed by atoms with E-state index in [-0.39, 0.29) is 17.0 Å². The van der Waals surface area contributed by atoms with Crippen molar-refractivity contribution in [3.8, 4) is 5.75 Å². The van der Waals surface area contributed by atoms with E-state index in [1.807, 2.05) is 24.3 Å². The van der Waals surface area contributed by atoms with E-state index in [9.17, 15) is 14.0 Å². The van der Waals surface area contributed by atoms with E-state index in [4.69, 9.17) is 21.1 Å². The van der Waals surface area contributed by atoms with Gasteiger partial charge in [0, 0.05) is 17.1 Å². The molecule has 0 aliphatic heterocycles. The molecule has 144 valence electrons. The van der Waals surface area contributed by atoms with Gasteiger partial charge in [0.25, 0.3) is 5.91 Å². The molecule has 7 heteroatoms. The molecule has 27 heavy (non-hydrogen) atoms. The second-order valence-electron chi connectivity index (χ2n) is 5.90. The summed E-state index contributed by atoms with van der Waals surface area (Å²) >= 11 is 5.88. The SMILES string of the molecule is COc1ccc(CCNC(=O)C(C)OC(=O)Cc2c(F)cccc2Cl)cc1. The van der Waals surface area contributed by atoms with E-state index < -0.39 is 23.8 Å². The first-order valence-corrected chi connectivity index (χ1v) is 8.81. The molecule has 1 amide bonds. The quantitative estimate of drug-likeness (QED) is 0.699. The molecule has 1 atom stereocenters. The Morgan fingerprint density at radius 2 is 1.89 bits per heavy atom. The lowest BCUT2D eigenvalue weighted by molar-refractivity contribution is -0.154. The van der Waals surface area contributed by atoms with Crippen LogP contribution in [-0.2, 0) is 27.2 Å². The lowest BCUT2D eigenvalue weighted by Gasteiger charge is -2.14. The second-order valence-corrected chi connectivity index (χ2v) is 6.31. The molecule has 0 aliphatic carbocycles. The van der Waals surface area contributed by atoms with E-state index in [1.165, 1.54) is 25.1 Å². The monoisotopic (exact) mass is 393 g/mol. The second kappa shape index (κ2) is 9.92. The number of carbonyl (C=O) groups excluding carboxylic acids is 2. The average Bonchev–Trinajstić information content (AvgIpc) is 2.65. The van der Waals surface area contributed by atoms with Gasteiger partial charge in [0.1, 0.15) is 11.6 Å². The third-order valence-corrected chi connectivity index (χ3v) is 4.29. The van der Waals surface area contributed by atoms with E-state index in [0.29, 0.717) is 13.0 Å². The number of rotatable bonds is 8. The lowest BCUT2D eigenvalue weighted by Crippen LogP contribution is -2.37. The van der Waals surface area contributed by atoms with Crippen LogP contribution < -0.4 is 10.1 Å². The van der Waals surface area contributed by atoms with Crippen LogP contribution in [0.15, 0.2) is 42.5 Å². The minimum atomic E-state index is -0.987. The predicted octanol–water partition coefficient (Wildman–Crippen LogP) is 3.32. The molecular weight excluding hydrogens is 373 g/mol. The van der Waals surface area contributed by atoms with Crippen LogP contribution in [0.1, 0.15) is 18.1 Å². The van der Waals surface area contributed by atoms with Crippen molar-refractivity contribution in [2.75, 3.05) is 13.7 Å². The van der Waals surface area contributed by atoms with Gasteiger partial charge in [-0.05, 0) is 43.2 Å². The smallest absolute Gasteiger partial charge is 0.311 e. The van der Waals surface area contributed by atoms with Crippen molar-refractivity contribution in [3.05, 3.63) is 64.4 Å². The van der Waals surface area contributed by atoms with Crippen molar-refractivity contribution in [1.29, 1.82) is 0 Å². The number of esters is 1. The number of hydrogen-bond acceptors (Lipinski definition) is 4. The summed E-state index contributed by atoms with van der Waals surface area (Å²) in [4.78, 5) is 24.0. The molecule has 0 aromatic heterocycles. The van der Waals surface area contributed by atoms with E-state index >= 15 is 0 Å². The molecule has 1 N–H and O–H groups in total. The molecule has 2 aromatic rings. The number of methoxy groups -OCH3 is 1. The summed E-state index contributed by atoms with van der Waals surface area (Å²) in [6.07, 6.45) is -0.699. The maximum atomic E-state index is 13.7. The van der Waals surface area contributed by atoms with Gasteiger partial charge in [-0.1, -0.05) is 29.8 Å². The molecule has 0 aliphatic rings. The van der Waals surface area contributed by atoms with Crippen LogP contribution in [0.4, 0.5) is 4.39 Å². The van der Waals surface area contributed by atoms with Gasteiger partial charge in [-0.15, -0.1) is 0 Å². The Morgan fingerprint density at radius 3 is 2.52 bits per heavy atom. The van der Waals surface area contributed by atoms with E-state index in [2.05, 4.69) is 5.32 Å². The van der Waals surface area contributed by atoms with Gasteiger partial charge in [-0.2, -0.15) is 0 Å². The molecule has 1 unspecified atom stereocenters. The van der Waals surface area contributed by atoms with Crippen molar-refractivity contribution >= 4 is 23.5 Å². The van der Waals surface area contributed by atoms with Gasteiger partial charge in [0.05, 0.1) is 13.5 Å². The highest BCUT2D eigenvalue weighted by molar-refractivity contribution is 6.31. The van der Waals surface area contributed by atoms with Crippen LogP contribution in [0, 0.1) is 5.82 Å². The van der Waals surface area contributed by atoms with Gasteiger partial charge in [0.15, 0.2) is 6.10 Å². The molecule has 0 bridgehead atoms. The fourth-order valence-electron chi connectivity index (χ4n) is 2.40. The third-order valence-electron chi connectivity index (χ3n) is 3.93. The molecule has 0 saturated heterocycles. The number of ether oxygens (including phenoxy) is 2. The number of halogens is 2. The Morgan fingerprint density at radius 1 is 1.19 bits per heavy atom. The van der Waals surface area contributed by atoms with E-state index in [0.717, 1.165) is 11.3 Å². The van der Waals surface area contributed by atoms with Crippen LogP contribution in [0.2, 0.25) is 5.02 Å². The zero-order valence-corrected chi connectivity index (χ0v) is 15.9. The minimum Gasteiger partial charge on any atom is -0.497 e. The highest BCUT2D eigenvalue weighted by atomic mass is 35.5. The largest absolute Gasteiger partial charge is 0.497 e. The normalized spacial score (nSPS) is 11.6. The molecular formula is C20H21ClFNO4. The molecule has 0 spiro atoms. The van der Waals surface area contributed by atoms with Crippen molar-refractivity contribution in [2.45, 2.75) is 25.9 Å². The first kappa shape index (κ1) is 20.7. The fraction of sp³-hybridized carbons (Fsp3) is 0.300. The summed E-state index contributed by atoms with van der Waals surface area (Å²) in [5.74, 6) is -0.967. The van der Waals surface area contributed by atoms with E-state index in [1.54, 1.807) is 7.11 Å². The molecule has 0 radical (unpaired) electrons. The Hall–Kier alpha value is -2.60. The molecule has 2 rings (SSSR count). The number of nitrogens with one attached hydrogen (secondary N) is 1. The van der Waals surface area contributed by atoms with Crippen LogP contribution in [-0.4, -0.2) is 31.6 Å². The first-order valence-electron chi connectivity index (χ1n) is 8.43. The third kappa shape index (κ3) is 6.25. The summed E-state index contributed by atoms with van der Waals surface area (Å²) in [5, 5.41) is 2.85. The van der Waals surface area contributed by atoms with Gasteiger partial charge in [-0.25, -0.2) is 4.39 Å². The summed E-state index contributed by atoms with van der Waals surface area (Å²) in [6, 6.07) is 11.7. The molecule has 0 saturated carbocycles. The van der Waals surface area contributed by atoms with Crippen molar-refractivity contribution in [1.82, 2.24) is 5.32 Å². The highest BCUT2D eigenvalue weighted by Crippen LogP contribution is 2.20. The highest BCUT2D eigenvalue weighted by Gasteiger charge is 2.19. The van der Waals surface area contributed by atoms with Gasteiger partial charge in [0.2, 0.25) is 0 Å². The molecule has 0 heterocycles.